The molecule has 4 heterocycles. The van der Waals surface area contributed by atoms with Crippen molar-refractivity contribution < 1.29 is 9.84 Å². The number of phenols is 1. The van der Waals surface area contributed by atoms with Crippen molar-refractivity contribution in [1.29, 1.82) is 0 Å². The van der Waals surface area contributed by atoms with Crippen molar-refractivity contribution in [2.75, 3.05) is 25.1 Å². The highest BCUT2D eigenvalue weighted by atomic mass is 16.5. The Morgan fingerprint density at radius 1 is 1.22 bits per heavy atom. The topological polar surface area (TPSA) is 61.7 Å². The smallest absolute Gasteiger partial charge is 0.225 e. The highest BCUT2D eigenvalue weighted by Crippen LogP contribution is 2.44. The number of benzene rings is 1. The second-order valence-electron chi connectivity index (χ2n) is 7.90. The Labute approximate surface area is 159 Å². The molecule has 1 N–H and O–H groups in total. The van der Waals surface area contributed by atoms with Crippen LogP contribution in [0.3, 0.4) is 0 Å². The van der Waals surface area contributed by atoms with Crippen LogP contribution in [-0.4, -0.2) is 46.2 Å². The SMILES string of the molecule is COc1ccc(CN2[C@@H]3CC[C@@H]2c2cnc(N4CCCC4)nc2C3)cc1O. The summed E-state index contributed by atoms with van der Waals surface area (Å²) in [5, 5.41) is 10.1. The zero-order valence-electron chi connectivity index (χ0n) is 15.8. The normalized spacial score (nSPS) is 24.3. The van der Waals surface area contributed by atoms with Crippen LogP contribution in [0.25, 0.3) is 0 Å². The molecule has 6 nitrogen and oxygen atoms in total. The lowest BCUT2D eigenvalue weighted by atomic mass is 9.98. The van der Waals surface area contributed by atoms with Gasteiger partial charge in [0, 0.05) is 49.9 Å². The molecular formula is C21H26N4O2. The molecule has 2 fully saturated rings. The van der Waals surface area contributed by atoms with Crippen molar-refractivity contribution in [3.8, 4) is 11.5 Å². The van der Waals surface area contributed by atoms with Gasteiger partial charge < -0.3 is 14.7 Å². The van der Waals surface area contributed by atoms with Crippen molar-refractivity contribution in [1.82, 2.24) is 14.9 Å². The molecule has 0 radical (unpaired) electrons. The molecule has 142 valence electrons. The Balaban J connectivity index is 1.39. The van der Waals surface area contributed by atoms with E-state index >= 15 is 0 Å². The fraction of sp³-hybridized carbons (Fsp3) is 0.524. The van der Waals surface area contributed by atoms with Gasteiger partial charge in [-0.05, 0) is 43.4 Å². The number of methoxy groups -OCH3 is 1. The lowest BCUT2D eigenvalue weighted by Gasteiger charge is -2.36. The minimum atomic E-state index is 0.207. The van der Waals surface area contributed by atoms with E-state index in [-0.39, 0.29) is 5.75 Å². The third-order valence-corrected chi connectivity index (χ3v) is 6.32. The molecule has 6 heteroatoms. The Kier molecular flexibility index (Phi) is 4.16. The fourth-order valence-corrected chi connectivity index (χ4v) is 4.92. The third kappa shape index (κ3) is 2.92. The van der Waals surface area contributed by atoms with Gasteiger partial charge in [0.25, 0.3) is 0 Å². The lowest BCUT2D eigenvalue weighted by Crippen LogP contribution is -2.38. The Morgan fingerprint density at radius 3 is 2.85 bits per heavy atom. The number of fused-ring (bicyclic) bond motifs is 4. The summed E-state index contributed by atoms with van der Waals surface area (Å²) in [6.07, 6.45) is 7.91. The maximum Gasteiger partial charge on any atom is 0.225 e. The molecule has 1 aromatic carbocycles. The van der Waals surface area contributed by atoms with Gasteiger partial charge in [0.1, 0.15) is 0 Å². The van der Waals surface area contributed by atoms with Crippen molar-refractivity contribution in [3.63, 3.8) is 0 Å². The number of nitrogens with zero attached hydrogens (tertiary/aromatic N) is 4. The van der Waals surface area contributed by atoms with E-state index in [9.17, 15) is 5.11 Å². The van der Waals surface area contributed by atoms with E-state index < -0.39 is 0 Å². The number of anilines is 1. The molecule has 2 atom stereocenters. The highest BCUT2D eigenvalue weighted by Gasteiger charge is 2.41. The first-order valence-corrected chi connectivity index (χ1v) is 9.95. The molecule has 5 rings (SSSR count). The first kappa shape index (κ1) is 16.8. The van der Waals surface area contributed by atoms with Crippen LogP contribution in [0.4, 0.5) is 5.95 Å². The molecule has 1 aromatic heterocycles. The molecule has 2 aromatic rings. The maximum atomic E-state index is 10.1. The molecule has 3 aliphatic rings. The number of phenolic OH excluding ortho intramolecular Hbond substituents is 1. The molecule has 3 aliphatic heterocycles. The van der Waals surface area contributed by atoms with Crippen LogP contribution in [0.2, 0.25) is 0 Å². The van der Waals surface area contributed by atoms with Crippen LogP contribution in [0.15, 0.2) is 24.4 Å². The van der Waals surface area contributed by atoms with Gasteiger partial charge in [0.05, 0.1) is 12.8 Å². The summed E-state index contributed by atoms with van der Waals surface area (Å²) < 4.78 is 5.16. The largest absolute Gasteiger partial charge is 0.504 e. The molecule has 27 heavy (non-hydrogen) atoms. The van der Waals surface area contributed by atoms with Crippen molar-refractivity contribution in [2.45, 2.75) is 50.7 Å². The molecule has 0 unspecified atom stereocenters. The number of hydrogen-bond donors (Lipinski definition) is 1. The molecule has 0 saturated carbocycles. The molecule has 2 bridgehead atoms. The van der Waals surface area contributed by atoms with Crippen molar-refractivity contribution in [2.24, 2.45) is 0 Å². The predicted molar refractivity (Wildman–Crippen MR) is 103 cm³/mol. The Hall–Kier alpha value is -2.34. The van der Waals surface area contributed by atoms with E-state index in [4.69, 9.17) is 14.7 Å². The van der Waals surface area contributed by atoms with Gasteiger partial charge in [-0.15, -0.1) is 0 Å². The maximum absolute atomic E-state index is 10.1. The van der Waals surface area contributed by atoms with Gasteiger partial charge in [-0.25, -0.2) is 9.97 Å². The van der Waals surface area contributed by atoms with Gasteiger partial charge in [0.2, 0.25) is 5.95 Å². The number of ether oxygens (including phenoxy) is 1. The van der Waals surface area contributed by atoms with Gasteiger partial charge >= 0.3 is 0 Å². The van der Waals surface area contributed by atoms with Gasteiger partial charge in [0.15, 0.2) is 11.5 Å². The minimum absolute atomic E-state index is 0.207. The summed E-state index contributed by atoms with van der Waals surface area (Å²) in [6.45, 7) is 3.00. The van der Waals surface area contributed by atoms with E-state index in [1.54, 1.807) is 7.11 Å². The monoisotopic (exact) mass is 366 g/mol. The molecule has 0 amide bonds. The van der Waals surface area contributed by atoms with Gasteiger partial charge in [-0.2, -0.15) is 0 Å². The molecule has 0 spiro atoms. The average molecular weight is 366 g/mol. The Bertz CT molecular complexity index is 850. The van der Waals surface area contributed by atoms with E-state index in [1.165, 1.54) is 30.5 Å². The average Bonchev–Trinajstić information content (AvgIpc) is 3.30. The van der Waals surface area contributed by atoms with Gasteiger partial charge in [-0.3, -0.25) is 4.90 Å². The lowest BCUT2D eigenvalue weighted by molar-refractivity contribution is 0.166. The number of rotatable bonds is 4. The van der Waals surface area contributed by atoms with Crippen LogP contribution in [0.5, 0.6) is 11.5 Å². The first-order chi connectivity index (χ1) is 13.2. The second kappa shape index (κ2) is 6.68. The van der Waals surface area contributed by atoms with Gasteiger partial charge in [-0.1, -0.05) is 6.07 Å². The second-order valence-corrected chi connectivity index (χ2v) is 7.90. The third-order valence-electron chi connectivity index (χ3n) is 6.32. The predicted octanol–water partition coefficient (Wildman–Crippen LogP) is 3.05. The number of aromatic nitrogens is 2. The van der Waals surface area contributed by atoms with Crippen molar-refractivity contribution in [3.05, 3.63) is 41.2 Å². The summed E-state index contributed by atoms with van der Waals surface area (Å²) in [7, 11) is 1.58. The van der Waals surface area contributed by atoms with Crippen LogP contribution >= 0.6 is 0 Å². The summed E-state index contributed by atoms with van der Waals surface area (Å²) >= 11 is 0. The first-order valence-electron chi connectivity index (χ1n) is 9.95. The highest BCUT2D eigenvalue weighted by molar-refractivity contribution is 5.42. The number of hydrogen-bond acceptors (Lipinski definition) is 6. The molecule has 2 saturated heterocycles. The van der Waals surface area contributed by atoms with Crippen molar-refractivity contribution >= 4 is 5.95 Å². The minimum Gasteiger partial charge on any atom is -0.504 e. The van der Waals surface area contributed by atoms with E-state index in [0.29, 0.717) is 17.8 Å². The fourth-order valence-electron chi connectivity index (χ4n) is 4.92. The summed E-state index contributed by atoms with van der Waals surface area (Å²) in [6, 6.07) is 6.61. The molecular weight excluding hydrogens is 340 g/mol. The van der Waals surface area contributed by atoms with E-state index in [2.05, 4.69) is 16.0 Å². The zero-order chi connectivity index (χ0) is 18.4. The van der Waals surface area contributed by atoms with Crippen LogP contribution in [0, 0.1) is 0 Å². The zero-order valence-corrected chi connectivity index (χ0v) is 15.8. The quantitative estimate of drug-likeness (QED) is 0.897. The number of aromatic hydroxyl groups is 1. The van der Waals surface area contributed by atoms with Crippen LogP contribution in [0.1, 0.15) is 48.5 Å². The summed E-state index contributed by atoms with van der Waals surface area (Å²) in [5.74, 6) is 1.64. The molecule has 0 aliphatic carbocycles. The van der Waals surface area contributed by atoms with Crippen LogP contribution < -0.4 is 9.64 Å². The van der Waals surface area contributed by atoms with E-state index in [1.807, 2.05) is 18.2 Å². The standard InChI is InChI=1S/C21H26N4O2/c1-27-20-7-4-14(10-19(20)26)13-25-15-5-6-18(25)16-12-22-21(23-17(16)11-15)24-8-2-3-9-24/h4,7,10,12,15,18,26H,2-3,5-6,8-9,11,13H2,1H3/t15-,18-/m1/s1. The van der Waals surface area contributed by atoms with E-state index in [0.717, 1.165) is 44.0 Å². The Morgan fingerprint density at radius 2 is 2.07 bits per heavy atom. The summed E-state index contributed by atoms with van der Waals surface area (Å²) in [5.41, 5.74) is 3.65. The van der Waals surface area contributed by atoms with Crippen LogP contribution in [-0.2, 0) is 13.0 Å². The summed E-state index contributed by atoms with van der Waals surface area (Å²) in [4.78, 5) is 14.5.